The molecule has 0 saturated heterocycles. The minimum atomic E-state index is 0.224. The zero-order valence-corrected chi connectivity index (χ0v) is 14.2. The fraction of sp³-hybridized carbons (Fsp3) is 1.00. The predicted molar refractivity (Wildman–Crippen MR) is 83.4 cm³/mol. The van der Waals surface area contributed by atoms with Crippen molar-refractivity contribution in [1.82, 2.24) is 5.32 Å². The van der Waals surface area contributed by atoms with Crippen molar-refractivity contribution in [2.24, 2.45) is 23.2 Å². The normalized spacial score (nSPS) is 29.2. The highest BCUT2D eigenvalue weighted by Crippen LogP contribution is 2.44. The van der Waals surface area contributed by atoms with Crippen LogP contribution >= 0.6 is 0 Å². The molecular weight excluding hydrogens is 234 g/mol. The third-order valence-corrected chi connectivity index (χ3v) is 4.64. The molecule has 0 radical (unpaired) electrons. The van der Waals surface area contributed by atoms with E-state index in [-0.39, 0.29) is 5.54 Å². The fourth-order valence-corrected chi connectivity index (χ4v) is 3.44. The van der Waals surface area contributed by atoms with Gasteiger partial charge in [0.1, 0.15) is 0 Å². The molecule has 1 rings (SSSR count). The van der Waals surface area contributed by atoms with Crippen molar-refractivity contribution in [3.8, 4) is 0 Å². The second-order valence-electron chi connectivity index (χ2n) is 8.39. The van der Waals surface area contributed by atoms with Crippen LogP contribution in [-0.4, -0.2) is 25.8 Å². The Morgan fingerprint density at radius 2 is 1.95 bits per heavy atom. The van der Waals surface area contributed by atoms with E-state index in [1.54, 1.807) is 0 Å². The lowest BCUT2D eigenvalue weighted by Gasteiger charge is -2.44. The van der Waals surface area contributed by atoms with E-state index in [2.05, 4.69) is 46.9 Å². The maximum Gasteiger partial charge on any atom is 0.0490 e. The van der Waals surface area contributed by atoms with Crippen LogP contribution in [0.5, 0.6) is 0 Å². The Labute approximate surface area is 120 Å². The smallest absolute Gasteiger partial charge is 0.0490 e. The maximum atomic E-state index is 5.40. The van der Waals surface area contributed by atoms with Crippen molar-refractivity contribution in [1.29, 1.82) is 0 Å². The lowest BCUT2D eigenvalue weighted by Crippen LogP contribution is -2.44. The first kappa shape index (κ1) is 17.0. The Kier molecular flexibility index (Phi) is 5.88. The summed E-state index contributed by atoms with van der Waals surface area (Å²) in [6.45, 7) is 16.0. The average molecular weight is 269 g/mol. The molecule has 0 bridgehead atoms. The first-order valence-corrected chi connectivity index (χ1v) is 7.88. The zero-order chi connectivity index (χ0) is 14.7. The number of methoxy groups -OCH3 is 1. The van der Waals surface area contributed by atoms with Gasteiger partial charge in [-0.3, -0.25) is 0 Å². The molecule has 2 nitrogen and oxygen atoms in total. The van der Waals surface area contributed by atoms with E-state index >= 15 is 0 Å². The minimum Gasteiger partial charge on any atom is -0.384 e. The predicted octanol–water partition coefficient (Wildman–Crippen LogP) is 4.10. The first-order chi connectivity index (χ1) is 8.64. The molecule has 114 valence electrons. The van der Waals surface area contributed by atoms with Gasteiger partial charge in [0.25, 0.3) is 0 Å². The molecule has 1 N–H and O–H groups in total. The number of hydrogen-bond donors (Lipinski definition) is 1. The van der Waals surface area contributed by atoms with Gasteiger partial charge in [0, 0.05) is 19.3 Å². The average Bonchev–Trinajstić information content (AvgIpc) is 2.25. The van der Waals surface area contributed by atoms with Crippen LogP contribution in [-0.2, 0) is 4.74 Å². The molecule has 0 amide bonds. The third-order valence-electron chi connectivity index (χ3n) is 4.64. The van der Waals surface area contributed by atoms with Gasteiger partial charge in [-0.15, -0.1) is 0 Å². The molecule has 0 heterocycles. The molecule has 1 saturated carbocycles. The van der Waals surface area contributed by atoms with Gasteiger partial charge in [-0.2, -0.15) is 0 Å². The number of rotatable bonds is 5. The van der Waals surface area contributed by atoms with Crippen molar-refractivity contribution in [2.75, 3.05) is 20.3 Å². The van der Waals surface area contributed by atoms with Gasteiger partial charge in [-0.1, -0.05) is 20.8 Å². The van der Waals surface area contributed by atoms with E-state index in [1.807, 2.05) is 7.11 Å². The molecule has 0 spiro atoms. The zero-order valence-electron chi connectivity index (χ0n) is 14.2. The van der Waals surface area contributed by atoms with Gasteiger partial charge in [0.15, 0.2) is 0 Å². The third kappa shape index (κ3) is 5.83. The van der Waals surface area contributed by atoms with Crippen molar-refractivity contribution in [2.45, 2.75) is 66.3 Å². The monoisotopic (exact) mass is 269 g/mol. The van der Waals surface area contributed by atoms with Crippen LogP contribution in [0.25, 0.3) is 0 Å². The Morgan fingerprint density at radius 3 is 2.47 bits per heavy atom. The maximum absolute atomic E-state index is 5.40. The highest BCUT2D eigenvalue weighted by atomic mass is 16.5. The molecule has 0 aromatic rings. The highest BCUT2D eigenvalue weighted by molar-refractivity contribution is 4.89. The van der Waals surface area contributed by atoms with E-state index in [9.17, 15) is 0 Å². The van der Waals surface area contributed by atoms with Gasteiger partial charge in [0.2, 0.25) is 0 Å². The van der Waals surface area contributed by atoms with Crippen LogP contribution in [0.4, 0.5) is 0 Å². The Balaban J connectivity index is 2.65. The number of ether oxygens (including phenoxy) is 1. The van der Waals surface area contributed by atoms with Crippen molar-refractivity contribution < 1.29 is 4.74 Å². The summed E-state index contributed by atoms with van der Waals surface area (Å²) < 4.78 is 5.40. The molecule has 19 heavy (non-hydrogen) atoms. The van der Waals surface area contributed by atoms with Crippen LogP contribution in [0, 0.1) is 23.2 Å². The minimum absolute atomic E-state index is 0.224. The largest absolute Gasteiger partial charge is 0.384 e. The summed E-state index contributed by atoms with van der Waals surface area (Å²) in [6.07, 6.45) is 4.06. The van der Waals surface area contributed by atoms with Gasteiger partial charge < -0.3 is 10.1 Å². The summed E-state index contributed by atoms with van der Waals surface area (Å²) in [6, 6.07) is 0. The van der Waals surface area contributed by atoms with Crippen LogP contribution in [0.15, 0.2) is 0 Å². The Bertz CT molecular complexity index is 267. The molecule has 2 heteroatoms. The number of hydrogen-bond acceptors (Lipinski definition) is 2. The van der Waals surface area contributed by atoms with E-state index < -0.39 is 0 Å². The summed E-state index contributed by atoms with van der Waals surface area (Å²) >= 11 is 0. The van der Waals surface area contributed by atoms with E-state index in [1.165, 1.54) is 19.3 Å². The summed E-state index contributed by atoms with van der Waals surface area (Å²) in [4.78, 5) is 0. The summed E-state index contributed by atoms with van der Waals surface area (Å²) in [5.74, 6) is 2.26. The summed E-state index contributed by atoms with van der Waals surface area (Å²) in [7, 11) is 1.83. The molecule has 0 aromatic carbocycles. The topological polar surface area (TPSA) is 21.3 Å². The molecule has 3 unspecified atom stereocenters. The lowest BCUT2D eigenvalue weighted by atomic mass is 9.63. The molecule has 1 fully saturated rings. The molecule has 1 aliphatic carbocycles. The van der Waals surface area contributed by atoms with Crippen LogP contribution in [0.2, 0.25) is 0 Å². The van der Waals surface area contributed by atoms with E-state index in [4.69, 9.17) is 4.74 Å². The van der Waals surface area contributed by atoms with Crippen molar-refractivity contribution in [3.63, 3.8) is 0 Å². The second kappa shape index (κ2) is 6.58. The molecule has 1 aliphatic rings. The number of nitrogens with one attached hydrogen (secondary N) is 1. The molecule has 3 atom stereocenters. The summed E-state index contributed by atoms with van der Waals surface area (Å²) in [5, 5.41) is 3.71. The van der Waals surface area contributed by atoms with Gasteiger partial charge in [0.05, 0.1) is 0 Å². The lowest BCUT2D eigenvalue weighted by molar-refractivity contribution is 0.0382. The van der Waals surface area contributed by atoms with E-state index in [0.717, 1.165) is 25.0 Å². The van der Waals surface area contributed by atoms with Crippen molar-refractivity contribution >= 4 is 0 Å². The van der Waals surface area contributed by atoms with Crippen LogP contribution < -0.4 is 5.32 Å². The fourth-order valence-electron chi connectivity index (χ4n) is 3.44. The quantitative estimate of drug-likeness (QED) is 0.811. The molecule has 0 aromatic heterocycles. The Morgan fingerprint density at radius 1 is 1.32 bits per heavy atom. The van der Waals surface area contributed by atoms with Crippen LogP contribution in [0.3, 0.4) is 0 Å². The highest BCUT2D eigenvalue weighted by Gasteiger charge is 2.37. The van der Waals surface area contributed by atoms with Gasteiger partial charge in [-0.05, 0) is 69.7 Å². The second-order valence-corrected chi connectivity index (χ2v) is 8.39. The van der Waals surface area contributed by atoms with E-state index in [0.29, 0.717) is 11.3 Å². The standard InChI is InChI=1S/C17H35NO/c1-13(12-19-7)15-10-17(5,6)9-8-14(15)11-18-16(2,3)4/h13-15,18H,8-12H2,1-7H3. The van der Waals surface area contributed by atoms with Crippen LogP contribution in [0.1, 0.15) is 60.8 Å². The van der Waals surface area contributed by atoms with Crippen molar-refractivity contribution in [3.05, 3.63) is 0 Å². The Hall–Kier alpha value is -0.0800. The first-order valence-electron chi connectivity index (χ1n) is 7.88. The van der Waals surface area contributed by atoms with Gasteiger partial charge in [-0.25, -0.2) is 0 Å². The molecule has 0 aliphatic heterocycles. The van der Waals surface area contributed by atoms with Gasteiger partial charge >= 0.3 is 0 Å². The SMILES string of the molecule is COCC(C)C1CC(C)(C)CCC1CNC(C)(C)C. The molecular formula is C17H35NO. The summed E-state index contributed by atoms with van der Waals surface area (Å²) in [5.41, 5.74) is 0.729.